The molecule has 0 aromatic rings. The normalized spacial score (nSPS) is 7.50. The Balaban J connectivity index is 0. The molecule has 0 unspecified atom stereocenters. The molecule has 0 amide bonds. The number of hydrogen-bond acceptors (Lipinski definition) is 4. The molecule has 0 heterocycles. The Labute approximate surface area is 48.8 Å². The molecule has 0 radical (unpaired) electrons. The van der Waals surface area contributed by atoms with E-state index in [2.05, 4.69) is 5.32 Å². The zero-order chi connectivity index (χ0) is 6.83. The lowest BCUT2D eigenvalue weighted by atomic mass is 10.9. The first-order valence-electron chi connectivity index (χ1n) is 2.36. The Hall–Kier alpha value is -0.160. The fourth-order valence-corrected chi connectivity index (χ4v) is 0.0500. The summed E-state index contributed by atoms with van der Waals surface area (Å²) in [5.74, 6) is 0. The van der Waals surface area contributed by atoms with E-state index in [1.807, 2.05) is 0 Å². The van der Waals surface area contributed by atoms with Gasteiger partial charge >= 0.3 is 0 Å². The maximum Gasteiger partial charge on any atom is 0.0948 e. The van der Waals surface area contributed by atoms with Crippen molar-refractivity contribution in [3.63, 3.8) is 0 Å². The van der Waals surface area contributed by atoms with Crippen molar-refractivity contribution in [2.24, 2.45) is 0 Å². The lowest BCUT2D eigenvalue weighted by Crippen LogP contribution is -2.14. The van der Waals surface area contributed by atoms with E-state index in [1.54, 1.807) is 6.92 Å². The molecule has 0 fully saturated rings. The van der Waals surface area contributed by atoms with Crippen LogP contribution in [0.2, 0.25) is 0 Å². The summed E-state index contributed by atoms with van der Waals surface area (Å²) >= 11 is 0. The maximum atomic E-state index is 7.80. The van der Waals surface area contributed by atoms with Crippen LogP contribution in [0.4, 0.5) is 0 Å². The second-order valence-corrected chi connectivity index (χ2v) is 0.882. The quantitative estimate of drug-likeness (QED) is 0.336. The summed E-state index contributed by atoms with van der Waals surface area (Å²) < 4.78 is 0. The second-order valence-electron chi connectivity index (χ2n) is 0.882. The van der Waals surface area contributed by atoms with Crippen LogP contribution in [0, 0.1) is 0 Å². The third-order valence-corrected chi connectivity index (χ3v) is 0.224. The molecule has 0 aromatic carbocycles. The zero-order valence-electron chi connectivity index (χ0n) is 4.96. The van der Waals surface area contributed by atoms with E-state index in [4.69, 9.17) is 15.3 Å². The summed E-state index contributed by atoms with van der Waals surface area (Å²) in [7, 11) is 0. The summed E-state index contributed by atoms with van der Waals surface area (Å²) in [6, 6.07) is 0. The molecule has 52 valence electrons. The molecule has 4 nitrogen and oxygen atoms in total. The van der Waals surface area contributed by atoms with Crippen LogP contribution in [0.15, 0.2) is 0 Å². The first-order valence-corrected chi connectivity index (χ1v) is 2.36. The highest BCUT2D eigenvalue weighted by Crippen LogP contribution is 1.37. The van der Waals surface area contributed by atoms with E-state index in [0.29, 0.717) is 0 Å². The molecule has 8 heavy (non-hydrogen) atoms. The van der Waals surface area contributed by atoms with Gasteiger partial charge in [-0.1, -0.05) is 0 Å². The van der Waals surface area contributed by atoms with Gasteiger partial charge in [-0.05, 0) is 6.92 Å². The topological polar surface area (TPSA) is 72.7 Å². The fourth-order valence-electron chi connectivity index (χ4n) is 0.0500. The van der Waals surface area contributed by atoms with Gasteiger partial charge in [0, 0.05) is 6.61 Å². The van der Waals surface area contributed by atoms with Gasteiger partial charge in [-0.2, -0.15) is 0 Å². The molecular weight excluding hydrogens is 110 g/mol. The molecule has 0 aromatic heterocycles. The highest BCUT2D eigenvalue weighted by Gasteiger charge is 1.64. The van der Waals surface area contributed by atoms with E-state index in [0.717, 1.165) is 0 Å². The number of aliphatic hydroxyl groups excluding tert-OH is 3. The molecule has 0 bridgehead atoms. The van der Waals surface area contributed by atoms with Gasteiger partial charge in [0.05, 0.1) is 13.5 Å². The van der Waals surface area contributed by atoms with Crippen LogP contribution in [0.25, 0.3) is 0 Å². The van der Waals surface area contributed by atoms with Gasteiger partial charge in [-0.25, -0.2) is 0 Å². The summed E-state index contributed by atoms with van der Waals surface area (Å²) in [6.07, 6.45) is 0. The Bertz CT molecular complexity index is 25.2. The minimum atomic E-state index is -0.156. The highest BCUT2D eigenvalue weighted by atomic mass is 16.3. The SMILES string of the molecule is CCO.OCNCO. The monoisotopic (exact) mass is 123 g/mol. The predicted molar refractivity (Wildman–Crippen MR) is 30.1 cm³/mol. The minimum absolute atomic E-state index is 0.156. The average Bonchev–Trinajstić information content (AvgIpc) is 1.71. The molecule has 4 N–H and O–H groups in total. The first-order chi connectivity index (χ1) is 3.83. The van der Waals surface area contributed by atoms with Crippen molar-refractivity contribution in [1.82, 2.24) is 5.32 Å². The van der Waals surface area contributed by atoms with Crippen molar-refractivity contribution >= 4 is 0 Å². The molecule has 4 heteroatoms. The molecular formula is C4H13NO3. The maximum absolute atomic E-state index is 7.80. The third kappa shape index (κ3) is 40.4. The van der Waals surface area contributed by atoms with Crippen LogP contribution in [-0.4, -0.2) is 35.4 Å². The summed E-state index contributed by atoms with van der Waals surface area (Å²) in [4.78, 5) is 0. The van der Waals surface area contributed by atoms with Crippen LogP contribution in [0.3, 0.4) is 0 Å². The van der Waals surface area contributed by atoms with Crippen molar-refractivity contribution < 1.29 is 15.3 Å². The van der Waals surface area contributed by atoms with Crippen LogP contribution in [-0.2, 0) is 0 Å². The highest BCUT2D eigenvalue weighted by molar-refractivity contribution is 4.10. The average molecular weight is 123 g/mol. The van der Waals surface area contributed by atoms with Crippen molar-refractivity contribution in [1.29, 1.82) is 0 Å². The molecule has 0 aliphatic heterocycles. The van der Waals surface area contributed by atoms with E-state index in [-0.39, 0.29) is 20.1 Å². The first kappa shape index (κ1) is 10.8. The van der Waals surface area contributed by atoms with Gasteiger partial charge in [0.15, 0.2) is 0 Å². The standard InChI is InChI=1S/C2H7NO2.C2H6O/c4-1-3-2-5;1-2-3/h3-5H,1-2H2;3H,2H2,1H3. The smallest absolute Gasteiger partial charge is 0.0948 e. The lowest BCUT2D eigenvalue weighted by molar-refractivity contribution is 0.185. The predicted octanol–water partition coefficient (Wildman–Crippen LogP) is -1.53. The Morgan fingerprint density at radius 2 is 1.38 bits per heavy atom. The van der Waals surface area contributed by atoms with Crippen molar-refractivity contribution in [3.8, 4) is 0 Å². The molecule has 0 aliphatic carbocycles. The summed E-state index contributed by atoms with van der Waals surface area (Å²) in [5.41, 5.74) is 0. The Morgan fingerprint density at radius 3 is 1.38 bits per heavy atom. The van der Waals surface area contributed by atoms with E-state index < -0.39 is 0 Å². The van der Waals surface area contributed by atoms with Gasteiger partial charge in [0.2, 0.25) is 0 Å². The Kier molecular flexibility index (Phi) is 21.3. The summed E-state index contributed by atoms with van der Waals surface area (Å²) in [6.45, 7) is 1.62. The van der Waals surface area contributed by atoms with Gasteiger partial charge < -0.3 is 15.3 Å². The van der Waals surface area contributed by atoms with E-state index in [9.17, 15) is 0 Å². The van der Waals surface area contributed by atoms with Crippen LogP contribution in [0.5, 0.6) is 0 Å². The van der Waals surface area contributed by atoms with Gasteiger partial charge in [0.25, 0.3) is 0 Å². The molecule has 0 saturated carbocycles. The number of hydrogen-bond donors (Lipinski definition) is 4. The molecule has 0 atom stereocenters. The zero-order valence-corrected chi connectivity index (χ0v) is 4.96. The van der Waals surface area contributed by atoms with E-state index in [1.165, 1.54) is 0 Å². The molecule has 0 aliphatic rings. The molecule has 0 rings (SSSR count). The van der Waals surface area contributed by atoms with Gasteiger partial charge in [-0.3, -0.25) is 5.32 Å². The van der Waals surface area contributed by atoms with Gasteiger partial charge in [-0.15, -0.1) is 0 Å². The van der Waals surface area contributed by atoms with Crippen LogP contribution < -0.4 is 5.32 Å². The van der Waals surface area contributed by atoms with Crippen molar-refractivity contribution in [3.05, 3.63) is 0 Å². The molecule has 0 saturated heterocycles. The minimum Gasteiger partial charge on any atom is -0.397 e. The van der Waals surface area contributed by atoms with E-state index >= 15 is 0 Å². The Morgan fingerprint density at radius 1 is 1.12 bits per heavy atom. The van der Waals surface area contributed by atoms with Crippen molar-refractivity contribution in [2.45, 2.75) is 6.92 Å². The number of aliphatic hydroxyl groups is 3. The lowest BCUT2D eigenvalue weighted by Gasteiger charge is -1.85. The fraction of sp³-hybridized carbons (Fsp3) is 1.00. The van der Waals surface area contributed by atoms with Gasteiger partial charge in [0.1, 0.15) is 0 Å². The van der Waals surface area contributed by atoms with Crippen LogP contribution in [0.1, 0.15) is 6.92 Å². The summed E-state index contributed by atoms with van der Waals surface area (Å²) in [5, 5.41) is 25.4. The van der Waals surface area contributed by atoms with Crippen molar-refractivity contribution in [2.75, 3.05) is 20.1 Å². The number of nitrogens with one attached hydrogen (secondary N) is 1. The number of rotatable bonds is 2. The molecule has 0 spiro atoms. The third-order valence-electron chi connectivity index (χ3n) is 0.224. The largest absolute Gasteiger partial charge is 0.397 e. The second kappa shape index (κ2) is 15.8. The van der Waals surface area contributed by atoms with Crippen LogP contribution >= 0.6 is 0 Å².